The summed E-state index contributed by atoms with van der Waals surface area (Å²) in [6.07, 6.45) is 2.71. The molecule has 0 spiro atoms. The second-order valence-electron chi connectivity index (χ2n) is 8.80. The fraction of sp³-hybridized carbons (Fsp3) is 0.345. The average molecular weight is 497 g/mol. The first-order chi connectivity index (χ1) is 17.3. The van der Waals surface area contributed by atoms with E-state index in [9.17, 15) is 19.4 Å². The van der Waals surface area contributed by atoms with E-state index in [4.69, 9.17) is 13.9 Å². The molecule has 0 aliphatic rings. The van der Waals surface area contributed by atoms with Crippen LogP contribution in [0.15, 0.2) is 65.3 Å². The van der Waals surface area contributed by atoms with Crippen LogP contribution in [0.3, 0.4) is 0 Å². The van der Waals surface area contributed by atoms with Crippen molar-refractivity contribution in [2.75, 3.05) is 6.61 Å². The first kappa shape index (κ1) is 27.2. The lowest BCUT2D eigenvalue weighted by molar-refractivity contribution is -0.145. The maximum absolute atomic E-state index is 13.7. The average Bonchev–Trinajstić information content (AvgIpc) is 3.35. The lowest BCUT2D eigenvalue weighted by Gasteiger charge is -2.20. The Balaban J connectivity index is 1.95. The molecule has 0 radical (unpaired) electrons. The zero-order valence-corrected chi connectivity index (χ0v) is 20.8. The molecule has 0 aliphatic heterocycles. The predicted molar refractivity (Wildman–Crippen MR) is 136 cm³/mol. The summed E-state index contributed by atoms with van der Waals surface area (Å²) in [7, 11) is 0. The van der Waals surface area contributed by atoms with Gasteiger partial charge >= 0.3 is 5.97 Å². The first-order valence-electron chi connectivity index (χ1n) is 12.1. The second kappa shape index (κ2) is 13.0. The highest BCUT2D eigenvalue weighted by molar-refractivity contribution is 5.82. The van der Waals surface area contributed by atoms with Gasteiger partial charge in [0.15, 0.2) is 0 Å². The van der Waals surface area contributed by atoms with E-state index >= 15 is 0 Å². The van der Waals surface area contributed by atoms with Gasteiger partial charge in [-0.3, -0.25) is 4.79 Å². The van der Waals surface area contributed by atoms with E-state index in [-0.39, 0.29) is 37.8 Å². The van der Waals surface area contributed by atoms with E-state index in [0.29, 0.717) is 11.5 Å². The van der Waals surface area contributed by atoms with Gasteiger partial charge in [-0.15, -0.1) is 0 Å². The second-order valence-corrected chi connectivity index (χ2v) is 8.80. The van der Waals surface area contributed by atoms with Gasteiger partial charge in [-0.05, 0) is 59.9 Å². The molecule has 0 amide bonds. The number of hydrogen-bond donors (Lipinski definition) is 2. The van der Waals surface area contributed by atoms with Gasteiger partial charge in [0, 0.05) is 12.0 Å². The summed E-state index contributed by atoms with van der Waals surface area (Å²) in [6.45, 7) is 6.26. The number of furan rings is 1. The fourth-order valence-electron chi connectivity index (χ4n) is 3.94. The largest absolute Gasteiger partial charge is 0.485 e. The van der Waals surface area contributed by atoms with Crippen molar-refractivity contribution in [2.45, 2.75) is 58.3 Å². The Bertz CT molecular complexity index is 1140. The minimum atomic E-state index is -1.03. The molecule has 192 valence electrons. The van der Waals surface area contributed by atoms with Gasteiger partial charge in [0.2, 0.25) is 0 Å². The van der Waals surface area contributed by atoms with E-state index in [1.54, 1.807) is 43.5 Å². The molecular formula is C29H33FO6. The third-order valence-electron chi connectivity index (χ3n) is 5.65. The Morgan fingerprint density at radius 1 is 1.11 bits per heavy atom. The van der Waals surface area contributed by atoms with Crippen molar-refractivity contribution >= 4 is 12.0 Å². The number of rotatable bonds is 12. The van der Waals surface area contributed by atoms with Gasteiger partial charge < -0.3 is 24.1 Å². The fourth-order valence-corrected chi connectivity index (χ4v) is 3.94. The predicted octanol–water partition coefficient (Wildman–Crippen LogP) is 5.87. The number of halogens is 1. The molecule has 36 heavy (non-hydrogen) atoms. The Hall–Kier alpha value is -3.42. The van der Waals surface area contributed by atoms with Crippen LogP contribution >= 0.6 is 0 Å². The van der Waals surface area contributed by atoms with Crippen molar-refractivity contribution in [3.8, 4) is 16.9 Å². The van der Waals surface area contributed by atoms with E-state index < -0.39 is 18.2 Å². The molecule has 1 heterocycles. The number of ether oxygens (including phenoxy) is 2. The Labute approximate surface area is 211 Å². The highest BCUT2D eigenvalue weighted by Crippen LogP contribution is 2.39. The van der Waals surface area contributed by atoms with E-state index in [1.807, 2.05) is 18.2 Å². The number of carbonyl (C=O) groups is 1. The van der Waals surface area contributed by atoms with Crippen LogP contribution in [0.4, 0.5) is 4.39 Å². The molecule has 2 atom stereocenters. The first-order valence-corrected chi connectivity index (χ1v) is 12.1. The number of aliphatic hydroxyl groups excluding tert-OH is 2. The number of aliphatic hydroxyl groups is 2. The minimum Gasteiger partial charge on any atom is -0.485 e. The Morgan fingerprint density at radius 3 is 2.50 bits per heavy atom. The summed E-state index contributed by atoms with van der Waals surface area (Å²) >= 11 is 0. The Kier molecular flexibility index (Phi) is 9.85. The van der Waals surface area contributed by atoms with Gasteiger partial charge in [0.25, 0.3) is 0 Å². The van der Waals surface area contributed by atoms with Crippen LogP contribution in [0.25, 0.3) is 17.2 Å². The lowest BCUT2D eigenvalue weighted by Crippen LogP contribution is -2.20. The monoisotopic (exact) mass is 496 g/mol. The molecule has 3 aromatic rings. The number of hydrogen-bond acceptors (Lipinski definition) is 6. The van der Waals surface area contributed by atoms with Gasteiger partial charge in [-0.2, -0.15) is 0 Å². The summed E-state index contributed by atoms with van der Waals surface area (Å²) in [4.78, 5) is 11.6. The summed E-state index contributed by atoms with van der Waals surface area (Å²) in [6, 6.07) is 13.6. The zero-order chi connectivity index (χ0) is 26.1. The molecule has 2 unspecified atom stereocenters. The molecule has 3 rings (SSSR count). The van der Waals surface area contributed by atoms with Crippen molar-refractivity contribution in [1.29, 1.82) is 0 Å². The topological polar surface area (TPSA) is 89.1 Å². The number of esters is 1. The highest BCUT2D eigenvalue weighted by Gasteiger charge is 2.19. The van der Waals surface area contributed by atoms with Crippen molar-refractivity contribution in [2.24, 2.45) is 0 Å². The standard InChI is InChI=1S/C29H33FO6/c1-4-34-28(33)17-23(32)16-22(31)11-12-26-25(19(2)3)13-14-27(36-18-24-6-5-15-35-24)29(26)20-7-9-21(30)10-8-20/h5-15,19,22-23,31-32H,4,16-18H2,1-3H3/b12-11+. The summed E-state index contributed by atoms with van der Waals surface area (Å²) in [5.74, 6) is 0.535. The summed E-state index contributed by atoms with van der Waals surface area (Å²) in [5, 5.41) is 20.7. The Morgan fingerprint density at radius 2 is 1.86 bits per heavy atom. The highest BCUT2D eigenvalue weighted by atomic mass is 19.1. The lowest BCUT2D eigenvalue weighted by atomic mass is 9.88. The molecule has 1 aromatic heterocycles. The molecule has 0 aliphatic carbocycles. The molecule has 0 fully saturated rings. The van der Waals surface area contributed by atoms with Gasteiger partial charge in [0.05, 0.1) is 31.5 Å². The minimum absolute atomic E-state index is 0.0209. The van der Waals surface area contributed by atoms with Crippen molar-refractivity contribution in [1.82, 2.24) is 0 Å². The van der Waals surface area contributed by atoms with Crippen LogP contribution in [0.2, 0.25) is 0 Å². The summed E-state index contributed by atoms with van der Waals surface area (Å²) < 4.78 is 30.1. The zero-order valence-electron chi connectivity index (χ0n) is 20.8. The third kappa shape index (κ3) is 7.54. The molecular weight excluding hydrogens is 463 g/mol. The van der Waals surface area contributed by atoms with Crippen LogP contribution < -0.4 is 4.74 Å². The van der Waals surface area contributed by atoms with E-state index in [1.165, 1.54) is 12.1 Å². The molecule has 6 nitrogen and oxygen atoms in total. The SMILES string of the molecule is CCOC(=O)CC(O)CC(O)/C=C/c1c(C(C)C)ccc(OCc2ccco2)c1-c1ccc(F)cc1. The van der Waals surface area contributed by atoms with Crippen LogP contribution in [0.1, 0.15) is 56.4 Å². The van der Waals surface area contributed by atoms with Crippen molar-refractivity contribution < 1.29 is 33.3 Å². The molecule has 0 saturated carbocycles. The quantitative estimate of drug-likeness (QED) is 0.305. The molecule has 0 bridgehead atoms. The molecule has 2 N–H and O–H groups in total. The van der Waals surface area contributed by atoms with E-state index in [2.05, 4.69) is 13.8 Å². The van der Waals surface area contributed by atoms with Crippen molar-refractivity contribution in [3.63, 3.8) is 0 Å². The van der Waals surface area contributed by atoms with Crippen LogP contribution in [0, 0.1) is 5.82 Å². The smallest absolute Gasteiger partial charge is 0.308 e. The molecule has 2 aromatic carbocycles. The number of carbonyl (C=O) groups excluding carboxylic acids is 1. The van der Waals surface area contributed by atoms with Gasteiger partial charge in [-0.1, -0.05) is 44.2 Å². The van der Waals surface area contributed by atoms with E-state index in [0.717, 1.165) is 22.3 Å². The van der Waals surface area contributed by atoms with Crippen LogP contribution in [0.5, 0.6) is 5.75 Å². The van der Waals surface area contributed by atoms with Crippen molar-refractivity contribution in [3.05, 3.63) is 83.6 Å². The maximum Gasteiger partial charge on any atom is 0.308 e. The molecule has 0 saturated heterocycles. The summed E-state index contributed by atoms with van der Waals surface area (Å²) in [5.41, 5.74) is 3.33. The van der Waals surface area contributed by atoms with Gasteiger partial charge in [0.1, 0.15) is 23.9 Å². The molecule has 7 heteroatoms. The normalized spacial score (nSPS) is 13.2. The van der Waals surface area contributed by atoms with Crippen LogP contribution in [-0.4, -0.2) is 35.0 Å². The maximum atomic E-state index is 13.7. The third-order valence-corrected chi connectivity index (χ3v) is 5.65. The number of benzene rings is 2. The van der Waals surface area contributed by atoms with Gasteiger partial charge in [-0.25, -0.2) is 4.39 Å². The van der Waals surface area contributed by atoms with Crippen LogP contribution in [-0.2, 0) is 16.1 Å².